The second-order valence-electron chi connectivity index (χ2n) is 7.74. The van der Waals surface area contributed by atoms with Gasteiger partial charge in [-0.1, -0.05) is 41.4 Å². The van der Waals surface area contributed by atoms with Crippen LogP contribution in [0.5, 0.6) is 5.75 Å². The molecule has 2 amide bonds. The van der Waals surface area contributed by atoms with Gasteiger partial charge >= 0.3 is 0 Å². The van der Waals surface area contributed by atoms with Gasteiger partial charge in [0.2, 0.25) is 0 Å². The molecule has 4 rings (SSSR count). The minimum Gasteiger partial charge on any atom is -0.495 e. The maximum Gasteiger partial charge on any atom is 0.274 e. The molecule has 1 aliphatic heterocycles. The monoisotopic (exact) mass is 549 g/mol. The Morgan fingerprint density at radius 2 is 1.81 bits per heavy atom. The molecule has 0 bridgehead atoms. The van der Waals surface area contributed by atoms with Crippen LogP contribution >= 0.6 is 23.2 Å². The topological polar surface area (TPSA) is 128 Å². The number of benzene rings is 3. The molecular weight excluding hydrogens is 529 g/mol. The Kier molecular flexibility index (Phi) is 6.89. The summed E-state index contributed by atoms with van der Waals surface area (Å²) in [4.78, 5) is 32.8. The highest BCUT2D eigenvalue weighted by molar-refractivity contribution is 7.93. The van der Waals surface area contributed by atoms with Gasteiger partial charge in [-0.15, -0.1) is 0 Å². The van der Waals surface area contributed by atoms with E-state index >= 15 is 0 Å². The minimum atomic E-state index is -4.62. The summed E-state index contributed by atoms with van der Waals surface area (Å²) in [6, 6.07) is 14.2. The predicted molar refractivity (Wildman–Crippen MR) is 136 cm³/mol. The summed E-state index contributed by atoms with van der Waals surface area (Å²) in [6.07, 6.45) is 0. The molecule has 3 N–H and O–H groups in total. The minimum absolute atomic E-state index is 0.0169. The first-order chi connectivity index (χ1) is 17.1. The van der Waals surface area contributed by atoms with Crippen molar-refractivity contribution in [2.45, 2.75) is 17.2 Å². The van der Waals surface area contributed by atoms with Crippen molar-refractivity contribution in [1.29, 1.82) is 0 Å². The van der Waals surface area contributed by atoms with Crippen molar-refractivity contribution in [2.24, 2.45) is 0 Å². The average molecular weight is 550 g/mol. The largest absolute Gasteiger partial charge is 0.495 e. The van der Waals surface area contributed by atoms with E-state index in [2.05, 4.69) is 5.48 Å². The van der Waals surface area contributed by atoms with E-state index in [1.807, 2.05) is 0 Å². The van der Waals surface area contributed by atoms with Crippen LogP contribution in [-0.2, 0) is 29.9 Å². The van der Waals surface area contributed by atoms with Gasteiger partial charge in [-0.05, 0) is 43.3 Å². The normalized spacial score (nSPS) is 17.1. The number of amides is 2. The molecule has 3 aromatic rings. The fraction of sp³-hybridized carbons (Fsp3) is 0.167. The molecule has 188 valence electrons. The molecule has 0 saturated heterocycles. The summed E-state index contributed by atoms with van der Waals surface area (Å²) in [5.41, 5.74) is 6.06. The molecule has 0 saturated carbocycles. The van der Waals surface area contributed by atoms with Crippen molar-refractivity contribution >= 4 is 56.4 Å². The van der Waals surface area contributed by atoms with Crippen LogP contribution in [0.15, 0.2) is 65.6 Å². The van der Waals surface area contributed by atoms with Crippen molar-refractivity contribution in [2.75, 3.05) is 23.8 Å². The molecule has 9 nitrogen and oxygen atoms in total. The van der Waals surface area contributed by atoms with Gasteiger partial charge in [-0.3, -0.25) is 14.4 Å². The number of nitrogens with two attached hydrogens (primary N) is 1. The van der Waals surface area contributed by atoms with Gasteiger partial charge in [-0.25, -0.2) is 18.2 Å². The van der Waals surface area contributed by atoms with E-state index in [4.69, 9.17) is 38.5 Å². The number of sulfonamides is 1. The number of rotatable bonds is 7. The summed E-state index contributed by atoms with van der Waals surface area (Å²) >= 11 is 12.7. The van der Waals surface area contributed by atoms with Gasteiger partial charge in [0.25, 0.3) is 21.8 Å². The Bertz CT molecular complexity index is 1480. The first-order valence-electron chi connectivity index (χ1n) is 10.6. The number of fused-ring (bicyclic) bond motifs is 1. The van der Waals surface area contributed by atoms with Gasteiger partial charge in [0, 0.05) is 32.9 Å². The number of methoxy groups -OCH3 is 1. The standard InChI is InChI=1S/C24H21Cl2N3O6S/c1-3-35-28-22(30)24(16-6-4-5-7-18(16)26)17-12-14(25)8-10-19(17)29(23(24)31)36(32,33)21-11-9-15(27)13-20(21)34-2/h4-13H,3,27H2,1-2H3,(H,28,30). The van der Waals surface area contributed by atoms with Crippen LogP contribution in [0.4, 0.5) is 11.4 Å². The number of carbonyl (C=O) groups excluding carboxylic acids is 2. The lowest BCUT2D eigenvalue weighted by Gasteiger charge is -2.28. The van der Waals surface area contributed by atoms with Crippen LogP contribution in [0.1, 0.15) is 18.1 Å². The number of carbonyl (C=O) groups is 2. The van der Waals surface area contributed by atoms with Crippen LogP contribution in [0.2, 0.25) is 10.0 Å². The Labute approximate surface area is 217 Å². The lowest BCUT2D eigenvalue weighted by molar-refractivity contribution is -0.142. The molecule has 0 radical (unpaired) electrons. The Balaban J connectivity index is 2.07. The van der Waals surface area contributed by atoms with Gasteiger partial charge in [0.1, 0.15) is 10.6 Å². The quantitative estimate of drug-likeness (QED) is 0.261. The van der Waals surface area contributed by atoms with Gasteiger partial charge < -0.3 is 10.5 Å². The maximum atomic E-state index is 14.3. The first-order valence-corrected chi connectivity index (χ1v) is 12.8. The fourth-order valence-electron chi connectivity index (χ4n) is 4.18. The van der Waals surface area contributed by atoms with Crippen LogP contribution in [0.25, 0.3) is 0 Å². The van der Waals surface area contributed by atoms with Gasteiger partial charge in [0.05, 0.1) is 19.4 Å². The Morgan fingerprint density at radius 1 is 1.08 bits per heavy atom. The molecule has 1 aliphatic rings. The second kappa shape index (κ2) is 9.62. The number of nitrogen functional groups attached to an aromatic ring is 1. The third-order valence-corrected chi connectivity index (χ3v) is 8.02. The zero-order chi connectivity index (χ0) is 26.3. The smallest absolute Gasteiger partial charge is 0.274 e. The van der Waals surface area contributed by atoms with Crippen LogP contribution in [0, 0.1) is 0 Å². The highest BCUT2D eigenvalue weighted by atomic mass is 35.5. The number of anilines is 2. The third-order valence-electron chi connectivity index (χ3n) is 5.72. The Hall–Kier alpha value is -3.31. The number of halogens is 2. The van der Waals surface area contributed by atoms with Crippen LogP contribution in [0.3, 0.4) is 0 Å². The number of ether oxygens (including phenoxy) is 1. The molecule has 0 spiro atoms. The second-order valence-corrected chi connectivity index (χ2v) is 10.3. The zero-order valence-corrected chi connectivity index (χ0v) is 21.4. The number of hydroxylamine groups is 1. The van der Waals surface area contributed by atoms with E-state index in [0.717, 1.165) is 0 Å². The predicted octanol–water partition coefficient (Wildman–Crippen LogP) is 3.67. The van der Waals surface area contributed by atoms with Crippen LogP contribution < -0.4 is 20.3 Å². The van der Waals surface area contributed by atoms with Crippen molar-refractivity contribution in [1.82, 2.24) is 5.48 Å². The fourth-order valence-corrected chi connectivity index (χ4v) is 6.23. The van der Waals surface area contributed by atoms with Crippen molar-refractivity contribution in [3.8, 4) is 5.75 Å². The summed E-state index contributed by atoms with van der Waals surface area (Å²) in [6.45, 7) is 1.72. The lowest BCUT2D eigenvalue weighted by Crippen LogP contribution is -2.53. The number of nitrogens with zero attached hydrogens (tertiary/aromatic N) is 1. The highest BCUT2D eigenvalue weighted by Gasteiger charge is 2.62. The van der Waals surface area contributed by atoms with E-state index in [0.29, 0.717) is 4.31 Å². The number of hydrogen-bond acceptors (Lipinski definition) is 7. The molecule has 3 aromatic carbocycles. The molecular formula is C24H21Cl2N3O6S. The van der Waals surface area contributed by atoms with E-state index in [1.165, 1.54) is 55.6 Å². The maximum absolute atomic E-state index is 14.3. The molecule has 1 unspecified atom stereocenters. The first kappa shape index (κ1) is 25.8. The molecule has 1 heterocycles. The van der Waals surface area contributed by atoms with E-state index in [-0.39, 0.29) is 49.8 Å². The zero-order valence-electron chi connectivity index (χ0n) is 19.1. The molecule has 0 aromatic heterocycles. The van der Waals surface area contributed by atoms with Crippen molar-refractivity contribution in [3.05, 3.63) is 81.8 Å². The SMILES string of the molecule is CCONC(=O)C1(c2ccccc2Cl)C(=O)N(S(=O)(=O)c2ccc(N)cc2OC)c2ccc(Cl)cc21. The number of hydrogen-bond donors (Lipinski definition) is 2. The Morgan fingerprint density at radius 3 is 2.47 bits per heavy atom. The van der Waals surface area contributed by atoms with Gasteiger partial charge in [0.15, 0.2) is 5.41 Å². The molecule has 0 fully saturated rings. The van der Waals surface area contributed by atoms with Crippen molar-refractivity contribution in [3.63, 3.8) is 0 Å². The summed E-state index contributed by atoms with van der Waals surface area (Å²) in [5.74, 6) is -2.11. The summed E-state index contributed by atoms with van der Waals surface area (Å²) in [7, 11) is -3.35. The van der Waals surface area contributed by atoms with Crippen LogP contribution in [-0.4, -0.2) is 33.9 Å². The average Bonchev–Trinajstić information content (AvgIpc) is 3.11. The molecule has 1 atom stereocenters. The lowest BCUT2D eigenvalue weighted by atomic mass is 9.74. The molecule has 0 aliphatic carbocycles. The van der Waals surface area contributed by atoms with E-state index in [1.54, 1.807) is 19.1 Å². The van der Waals surface area contributed by atoms with E-state index in [9.17, 15) is 18.0 Å². The summed E-state index contributed by atoms with van der Waals surface area (Å²) < 4.78 is 33.7. The van der Waals surface area contributed by atoms with Gasteiger partial charge in [-0.2, -0.15) is 0 Å². The number of nitrogens with one attached hydrogen (secondary N) is 1. The van der Waals surface area contributed by atoms with E-state index < -0.39 is 27.3 Å². The van der Waals surface area contributed by atoms with Crippen molar-refractivity contribution < 1.29 is 27.6 Å². The summed E-state index contributed by atoms with van der Waals surface area (Å²) in [5, 5.41) is 0.235. The molecule has 36 heavy (non-hydrogen) atoms. The highest BCUT2D eigenvalue weighted by Crippen LogP contribution is 2.51. The third kappa shape index (κ3) is 3.86. The molecule has 12 heteroatoms.